The zero-order chi connectivity index (χ0) is 11.5. The maximum absolute atomic E-state index is 6.08. The number of nitrogens with zero attached hydrogens (tertiary/aromatic N) is 4. The molecule has 6 heteroatoms. The molecule has 0 spiro atoms. The third kappa shape index (κ3) is 2.59. The minimum atomic E-state index is -0.0501. The molecule has 0 bridgehead atoms. The standard InChI is InChI=1S/C10H13ClN4S/c1-3-9(11)10-5-15(14-13-10)4-8-6-16-7(2)12-8/h5-6,9H,3-4H2,1-2H3. The first-order valence-corrected chi connectivity index (χ1v) is 6.45. The summed E-state index contributed by atoms with van der Waals surface area (Å²) in [5.74, 6) is 0. The van der Waals surface area contributed by atoms with Gasteiger partial charge in [-0.25, -0.2) is 9.67 Å². The number of hydrogen-bond donors (Lipinski definition) is 0. The molecule has 86 valence electrons. The third-order valence-electron chi connectivity index (χ3n) is 2.23. The van der Waals surface area contributed by atoms with Gasteiger partial charge in [-0.3, -0.25) is 0 Å². The third-order valence-corrected chi connectivity index (χ3v) is 3.58. The smallest absolute Gasteiger partial charge is 0.101 e. The summed E-state index contributed by atoms with van der Waals surface area (Å²) in [6.45, 7) is 4.68. The maximum Gasteiger partial charge on any atom is 0.101 e. The van der Waals surface area contributed by atoms with Gasteiger partial charge >= 0.3 is 0 Å². The number of aryl methyl sites for hydroxylation is 1. The van der Waals surface area contributed by atoms with Gasteiger partial charge in [-0.1, -0.05) is 12.1 Å². The second kappa shape index (κ2) is 4.93. The largest absolute Gasteiger partial charge is 0.246 e. The SMILES string of the molecule is CCC(Cl)c1cn(Cc2csc(C)n2)nn1. The Kier molecular flexibility index (Phi) is 3.56. The molecule has 0 amide bonds. The van der Waals surface area contributed by atoms with Crippen LogP contribution in [0.3, 0.4) is 0 Å². The second-order valence-electron chi connectivity index (χ2n) is 3.57. The van der Waals surface area contributed by atoms with Gasteiger partial charge in [0.15, 0.2) is 0 Å². The fraction of sp³-hybridized carbons (Fsp3) is 0.500. The molecule has 0 aliphatic rings. The quantitative estimate of drug-likeness (QED) is 0.790. The Labute approximate surface area is 103 Å². The Hall–Kier alpha value is -0.940. The highest BCUT2D eigenvalue weighted by Gasteiger charge is 2.10. The molecule has 2 aromatic heterocycles. The van der Waals surface area contributed by atoms with Crippen molar-refractivity contribution in [1.82, 2.24) is 20.0 Å². The van der Waals surface area contributed by atoms with Gasteiger partial charge < -0.3 is 0 Å². The van der Waals surface area contributed by atoms with E-state index >= 15 is 0 Å². The van der Waals surface area contributed by atoms with Crippen LogP contribution in [0, 0.1) is 6.92 Å². The minimum absolute atomic E-state index is 0.0501. The van der Waals surface area contributed by atoms with E-state index in [2.05, 4.69) is 15.3 Å². The summed E-state index contributed by atoms with van der Waals surface area (Å²) in [5.41, 5.74) is 1.85. The van der Waals surface area contributed by atoms with Gasteiger partial charge in [-0.05, 0) is 13.3 Å². The Morgan fingerprint density at radius 2 is 2.38 bits per heavy atom. The molecule has 0 aliphatic carbocycles. The minimum Gasteiger partial charge on any atom is -0.246 e. The van der Waals surface area contributed by atoms with Gasteiger partial charge in [0.2, 0.25) is 0 Å². The molecule has 0 fully saturated rings. The summed E-state index contributed by atoms with van der Waals surface area (Å²) in [4.78, 5) is 4.38. The molecule has 0 radical (unpaired) electrons. The summed E-state index contributed by atoms with van der Waals surface area (Å²) in [5, 5.41) is 11.1. The molecular weight excluding hydrogens is 244 g/mol. The van der Waals surface area contributed by atoms with Crippen molar-refractivity contribution in [2.24, 2.45) is 0 Å². The second-order valence-corrected chi connectivity index (χ2v) is 5.16. The van der Waals surface area contributed by atoms with E-state index < -0.39 is 0 Å². The van der Waals surface area contributed by atoms with E-state index in [1.54, 1.807) is 16.0 Å². The first kappa shape index (κ1) is 11.5. The lowest BCUT2D eigenvalue weighted by molar-refractivity contribution is 0.639. The van der Waals surface area contributed by atoms with Crippen LogP contribution in [-0.2, 0) is 6.54 Å². The molecule has 16 heavy (non-hydrogen) atoms. The van der Waals surface area contributed by atoms with E-state index in [1.807, 2.05) is 25.4 Å². The van der Waals surface area contributed by atoms with Gasteiger partial charge in [0.05, 0.1) is 28.8 Å². The Morgan fingerprint density at radius 1 is 1.56 bits per heavy atom. The van der Waals surface area contributed by atoms with Gasteiger partial charge in [0.1, 0.15) is 5.69 Å². The van der Waals surface area contributed by atoms with Gasteiger partial charge in [0.25, 0.3) is 0 Å². The molecule has 0 saturated heterocycles. The first-order chi connectivity index (χ1) is 7.69. The monoisotopic (exact) mass is 256 g/mol. The molecule has 1 atom stereocenters. The van der Waals surface area contributed by atoms with Crippen molar-refractivity contribution in [3.05, 3.63) is 28.0 Å². The first-order valence-electron chi connectivity index (χ1n) is 5.14. The number of rotatable bonds is 4. The van der Waals surface area contributed by atoms with E-state index in [0.29, 0.717) is 6.54 Å². The van der Waals surface area contributed by atoms with Crippen molar-refractivity contribution < 1.29 is 0 Å². The molecule has 2 rings (SSSR count). The van der Waals surface area contributed by atoms with Crippen LogP contribution in [0.1, 0.15) is 35.1 Å². The van der Waals surface area contributed by atoms with Crippen molar-refractivity contribution in [1.29, 1.82) is 0 Å². The summed E-state index contributed by atoms with van der Waals surface area (Å²) in [6.07, 6.45) is 2.74. The van der Waals surface area contributed by atoms with Crippen LogP contribution in [0.15, 0.2) is 11.6 Å². The van der Waals surface area contributed by atoms with Crippen molar-refractivity contribution >= 4 is 22.9 Å². The van der Waals surface area contributed by atoms with E-state index in [4.69, 9.17) is 11.6 Å². The summed E-state index contributed by atoms with van der Waals surface area (Å²) >= 11 is 7.72. The number of halogens is 1. The average molecular weight is 257 g/mol. The topological polar surface area (TPSA) is 43.6 Å². The predicted octanol–water partition coefficient (Wildman–Crippen LogP) is 2.78. The predicted molar refractivity (Wildman–Crippen MR) is 64.9 cm³/mol. The molecule has 0 N–H and O–H groups in total. The average Bonchev–Trinajstić information content (AvgIpc) is 2.87. The summed E-state index contributed by atoms with van der Waals surface area (Å²) < 4.78 is 1.77. The fourth-order valence-corrected chi connectivity index (χ4v) is 2.09. The zero-order valence-corrected chi connectivity index (χ0v) is 10.8. The van der Waals surface area contributed by atoms with E-state index in [0.717, 1.165) is 22.8 Å². The lowest BCUT2D eigenvalue weighted by atomic mass is 10.3. The highest BCUT2D eigenvalue weighted by atomic mass is 35.5. The van der Waals surface area contributed by atoms with Crippen molar-refractivity contribution in [2.75, 3.05) is 0 Å². The van der Waals surface area contributed by atoms with Crippen LogP contribution < -0.4 is 0 Å². The van der Waals surface area contributed by atoms with Crippen LogP contribution >= 0.6 is 22.9 Å². The number of hydrogen-bond acceptors (Lipinski definition) is 4. The maximum atomic E-state index is 6.08. The van der Waals surface area contributed by atoms with Gasteiger partial charge in [-0.2, -0.15) is 0 Å². The van der Waals surface area contributed by atoms with Crippen molar-refractivity contribution in [3.63, 3.8) is 0 Å². The molecule has 0 saturated carbocycles. The van der Waals surface area contributed by atoms with E-state index in [-0.39, 0.29) is 5.38 Å². The lowest BCUT2D eigenvalue weighted by Crippen LogP contribution is -2.00. The molecular formula is C10H13ClN4S. The summed E-state index contributed by atoms with van der Waals surface area (Å²) in [7, 11) is 0. The molecule has 1 unspecified atom stereocenters. The number of aromatic nitrogens is 4. The normalized spacial score (nSPS) is 12.9. The van der Waals surface area contributed by atoms with Crippen LogP contribution in [0.4, 0.5) is 0 Å². The van der Waals surface area contributed by atoms with E-state index in [9.17, 15) is 0 Å². The van der Waals surface area contributed by atoms with Crippen molar-refractivity contribution in [3.8, 4) is 0 Å². The Balaban J connectivity index is 2.08. The van der Waals surface area contributed by atoms with Crippen LogP contribution in [0.25, 0.3) is 0 Å². The Morgan fingerprint density at radius 3 is 3.00 bits per heavy atom. The molecule has 2 aromatic rings. The zero-order valence-electron chi connectivity index (χ0n) is 9.22. The van der Waals surface area contributed by atoms with Crippen molar-refractivity contribution in [2.45, 2.75) is 32.2 Å². The number of thiazole rings is 1. The van der Waals surface area contributed by atoms with Gasteiger partial charge in [-0.15, -0.1) is 28.0 Å². The van der Waals surface area contributed by atoms with Gasteiger partial charge in [0, 0.05) is 5.38 Å². The fourth-order valence-electron chi connectivity index (χ4n) is 1.39. The van der Waals surface area contributed by atoms with Crippen LogP contribution in [-0.4, -0.2) is 20.0 Å². The number of alkyl halides is 1. The van der Waals surface area contributed by atoms with Crippen LogP contribution in [0.2, 0.25) is 0 Å². The molecule has 4 nitrogen and oxygen atoms in total. The van der Waals surface area contributed by atoms with E-state index in [1.165, 1.54) is 0 Å². The Bertz CT molecular complexity index is 465. The molecule has 0 aliphatic heterocycles. The lowest BCUT2D eigenvalue weighted by Gasteiger charge is -1.98. The molecule has 2 heterocycles. The molecule has 0 aromatic carbocycles. The summed E-state index contributed by atoms with van der Waals surface area (Å²) in [6, 6.07) is 0. The highest BCUT2D eigenvalue weighted by molar-refractivity contribution is 7.09. The van der Waals surface area contributed by atoms with Crippen LogP contribution in [0.5, 0.6) is 0 Å². The highest BCUT2D eigenvalue weighted by Crippen LogP contribution is 2.21.